The van der Waals surface area contributed by atoms with E-state index in [1.165, 1.54) is 32.1 Å². The van der Waals surface area contributed by atoms with Gasteiger partial charge in [-0.3, -0.25) is 9.88 Å². The van der Waals surface area contributed by atoms with Crippen molar-refractivity contribution in [1.82, 2.24) is 14.9 Å². The largest absolute Gasteiger partial charge is 0.372 e. The molecular weight excluding hydrogens is 224 g/mol. The van der Waals surface area contributed by atoms with Gasteiger partial charge >= 0.3 is 0 Å². The Labute approximate surface area is 110 Å². The van der Waals surface area contributed by atoms with Crippen LogP contribution in [0.1, 0.15) is 44.7 Å². The Balaban J connectivity index is 1.95. The highest BCUT2D eigenvalue weighted by Gasteiger charge is 2.20. The van der Waals surface area contributed by atoms with E-state index in [-0.39, 0.29) is 0 Å². The second-order valence-corrected chi connectivity index (χ2v) is 5.00. The molecule has 18 heavy (non-hydrogen) atoms. The van der Waals surface area contributed by atoms with E-state index in [2.05, 4.69) is 27.1 Å². The van der Waals surface area contributed by atoms with Crippen LogP contribution >= 0.6 is 0 Å². The average molecular weight is 248 g/mol. The average Bonchev–Trinajstić information content (AvgIpc) is 2.46. The van der Waals surface area contributed by atoms with Crippen molar-refractivity contribution < 1.29 is 0 Å². The first-order valence-electron chi connectivity index (χ1n) is 7.06. The lowest BCUT2D eigenvalue weighted by molar-refractivity contribution is 0.154. The quantitative estimate of drug-likeness (QED) is 0.870. The van der Waals surface area contributed by atoms with Crippen molar-refractivity contribution in [2.45, 2.75) is 51.6 Å². The van der Waals surface area contributed by atoms with Crippen LogP contribution < -0.4 is 5.32 Å². The third-order valence-electron chi connectivity index (χ3n) is 3.82. The van der Waals surface area contributed by atoms with E-state index in [4.69, 9.17) is 0 Å². The molecule has 0 aromatic carbocycles. The molecule has 0 unspecified atom stereocenters. The highest BCUT2D eigenvalue weighted by molar-refractivity contribution is 5.29. The Hall–Kier alpha value is -1.16. The molecular formula is C14H24N4. The van der Waals surface area contributed by atoms with E-state index in [0.717, 1.165) is 30.6 Å². The topological polar surface area (TPSA) is 41.1 Å². The lowest BCUT2D eigenvalue weighted by Crippen LogP contribution is -2.36. The van der Waals surface area contributed by atoms with Gasteiger partial charge in [0.05, 0.1) is 18.1 Å². The normalized spacial score (nSPS) is 17.1. The second-order valence-electron chi connectivity index (χ2n) is 5.00. The van der Waals surface area contributed by atoms with Crippen molar-refractivity contribution in [1.29, 1.82) is 0 Å². The summed E-state index contributed by atoms with van der Waals surface area (Å²) >= 11 is 0. The monoisotopic (exact) mass is 248 g/mol. The molecule has 0 bridgehead atoms. The molecule has 1 aliphatic rings. The van der Waals surface area contributed by atoms with Crippen LogP contribution in [0.5, 0.6) is 0 Å². The highest BCUT2D eigenvalue weighted by Crippen LogP contribution is 2.23. The number of aromatic nitrogens is 2. The molecule has 100 valence electrons. The molecule has 4 heteroatoms. The van der Waals surface area contributed by atoms with Gasteiger partial charge in [0.15, 0.2) is 0 Å². The van der Waals surface area contributed by atoms with E-state index in [1.807, 2.05) is 19.4 Å². The Bertz CT molecular complexity index is 343. The van der Waals surface area contributed by atoms with Crippen LogP contribution in [-0.4, -0.2) is 34.5 Å². The zero-order valence-corrected chi connectivity index (χ0v) is 11.5. The van der Waals surface area contributed by atoms with Crippen molar-refractivity contribution in [3.8, 4) is 0 Å². The Morgan fingerprint density at radius 2 is 2.00 bits per heavy atom. The maximum Gasteiger partial charge on any atom is 0.144 e. The molecule has 0 aliphatic heterocycles. The summed E-state index contributed by atoms with van der Waals surface area (Å²) in [6, 6.07) is 0.745. The number of nitrogens with one attached hydrogen (secondary N) is 1. The van der Waals surface area contributed by atoms with Gasteiger partial charge < -0.3 is 5.32 Å². The molecule has 0 amide bonds. The van der Waals surface area contributed by atoms with Gasteiger partial charge in [0.25, 0.3) is 0 Å². The molecule has 1 aromatic rings. The number of rotatable bonds is 5. The Morgan fingerprint density at radius 3 is 2.56 bits per heavy atom. The Morgan fingerprint density at radius 1 is 1.22 bits per heavy atom. The second kappa shape index (κ2) is 6.69. The first-order chi connectivity index (χ1) is 8.83. The van der Waals surface area contributed by atoms with Crippen LogP contribution in [0.4, 0.5) is 5.82 Å². The summed E-state index contributed by atoms with van der Waals surface area (Å²) in [5.41, 5.74) is 1.07. The van der Waals surface area contributed by atoms with Gasteiger partial charge in [-0.05, 0) is 19.4 Å². The molecule has 1 saturated carbocycles. The summed E-state index contributed by atoms with van der Waals surface area (Å²) in [6.45, 7) is 4.27. The standard InChI is InChI=1S/C14H24N4/c1-3-18(13-7-5-4-6-8-13)11-12-9-17-14(15-2)10-16-12/h9-10,13H,3-8,11H2,1-2H3,(H,15,17). The highest BCUT2D eigenvalue weighted by atomic mass is 15.2. The summed E-state index contributed by atoms with van der Waals surface area (Å²) in [5, 5.41) is 3.00. The SMILES string of the molecule is CCN(Cc1cnc(NC)cn1)C1CCCCC1. The molecule has 1 aliphatic carbocycles. The van der Waals surface area contributed by atoms with Gasteiger partial charge in [-0.1, -0.05) is 26.2 Å². The molecule has 1 fully saturated rings. The van der Waals surface area contributed by atoms with Gasteiger partial charge in [-0.15, -0.1) is 0 Å². The van der Waals surface area contributed by atoms with Crippen LogP contribution in [0.3, 0.4) is 0 Å². The zero-order chi connectivity index (χ0) is 12.8. The van der Waals surface area contributed by atoms with Crippen LogP contribution in [0.15, 0.2) is 12.4 Å². The van der Waals surface area contributed by atoms with Gasteiger partial charge in [-0.25, -0.2) is 4.98 Å². The smallest absolute Gasteiger partial charge is 0.144 e. The van der Waals surface area contributed by atoms with E-state index in [9.17, 15) is 0 Å². The van der Waals surface area contributed by atoms with Gasteiger partial charge in [-0.2, -0.15) is 0 Å². The molecule has 2 rings (SSSR count). The van der Waals surface area contributed by atoms with Gasteiger partial charge in [0.2, 0.25) is 0 Å². The summed E-state index contributed by atoms with van der Waals surface area (Å²) in [7, 11) is 1.87. The molecule has 0 radical (unpaired) electrons. The maximum absolute atomic E-state index is 4.47. The minimum absolute atomic E-state index is 0.745. The van der Waals surface area contributed by atoms with Crippen molar-refractivity contribution >= 4 is 5.82 Å². The third-order valence-corrected chi connectivity index (χ3v) is 3.82. The lowest BCUT2D eigenvalue weighted by atomic mass is 9.94. The molecule has 1 heterocycles. The fourth-order valence-corrected chi connectivity index (χ4v) is 2.72. The summed E-state index contributed by atoms with van der Waals surface area (Å²) in [6.07, 6.45) is 10.6. The van der Waals surface area contributed by atoms with Crippen molar-refractivity contribution in [2.24, 2.45) is 0 Å². The van der Waals surface area contributed by atoms with E-state index in [0.29, 0.717) is 0 Å². The fraction of sp³-hybridized carbons (Fsp3) is 0.714. The maximum atomic E-state index is 4.47. The van der Waals surface area contributed by atoms with Crippen molar-refractivity contribution in [3.63, 3.8) is 0 Å². The minimum Gasteiger partial charge on any atom is -0.372 e. The molecule has 4 nitrogen and oxygen atoms in total. The summed E-state index contributed by atoms with van der Waals surface area (Å²) < 4.78 is 0. The van der Waals surface area contributed by atoms with Crippen LogP contribution in [0.25, 0.3) is 0 Å². The van der Waals surface area contributed by atoms with Crippen LogP contribution in [0, 0.1) is 0 Å². The van der Waals surface area contributed by atoms with Crippen LogP contribution in [-0.2, 0) is 6.54 Å². The van der Waals surface area contributed by atoms with E-state index in [1.54, 1.807) is 0 Å². The van der Waals surface area contributed by atoms with Crippen molar-refractivity contribution in [3.05, 3.63) is 18.1 Å². The van der Waals surface area contributed by atoms with Crippen LogP contribution in [0.2, 0.25) is 0 Å². The first-order valence-corrected chi connectivity index (χ1v) is 7.06. The lowest BCUT2D eigenvalue weighted by Gasteiger charge is -2.33. The predicted molar refractivity (Wildman–Crippen MR) is 74.5 cm³/mol. The molecule has 0 atom stereocenters. The van der Waals surface area contributed by atoms with E-state index >= 15 is 0 Å². The molecule has 1 N–H and O–H groups in total. The summed E-state index contributed by atoms with van der Waals surface area (Å²) in [5.74, 6) is 0.833. The van der Waals surface area contributed by atoms with E-state index < -0.39 is 0 Å². The zero-order valence-electron chi connectivity index (χ0n) is 11.5. The van der Waals surface area contributed by atoms with Gasteiger partial charge in [0, 0.05) is 19.6 Å². The number of hydrogen-bond acceptors (Lipinski definition) is 4. The van der Waals surface area contributed by atoms with Gasteiger partial charge in [0.1, 0.15) is 5.82 Å². The number of anilines is 1. The molecule has 0 saturated heterocycles. The predicted octanol–water partition coefficient (Wildman–Crippen LogP) is 2.67. The van der Waals surface area contributed by atoms with Crippen molar-refractivity contribution in [2.75, 3.05) is 18.9 Å². The Kier molecular flexibility index (Phi) is 4.93. The first kappa shape index (κ1) is 13.3. The number of hydrogen-bond donors (Lipinski definition) is 1. The molecule has 0 spiro atoms. The minimum atomic E-state index is 0.745. The molecule has 1 aromatic heterocycles. The summed E-state index contributed by atoms with van der Waals surface area (Å²) in [4.78, 5) is 11.3. The third kappa shape index (κ3) is 3.42. The number of nitrogens with zero attached hydrogens (tertiary/aromatic N) is 3. The fourth-order valence-electron chi connectivity index (χ4n) is 2.72.